The van der Waals surface area contributed by atoms with Gasteiger partial charge in [-0.05, 0) is 26.0 Å². The number of nitrogens with zero attached hydrogens (tertiary/aromatic N) is 2. The summed E-state index contributed by atoms with van der Waals surface area (Å²) < 4.78 is 32.0. The summed E-state index contributed by atoms with van der Waals surface area (Å²) in [4.78, 5) is 19.7. The van der Waals surface area contributed by atoms with Gasteiger partial charge in [-0.1, -0.05) is 13.0 Å². The molecule has 0 spiro atoms. The number of methoxy groups -OCH3 is 1. The van der Waals surface area contributed by atoms with Crippen LogP contribution in [0.3, 0.4) is 0 Å². The first-order valence-corrected chi connectivity index (χ1v) is 8.46. The lowest BCUT2D eigenvalue weighted by Gasteiger charge is -2.44. The maximum absolute atomic E-state index is 13.3. The van der Waals surface area contributed by atoms with Gasteiger partial charge in [0.25, 0.3) is 5.91 Å². The van der Waals surface area contributed by atoms with Crippen LogP contribution in [0.1, 0.15) is 31.3 Å². The molecule has 1 unspecified atom stereocenters. The molecule has 2 heterocycles. The van der Waals surface area contributed by atoms with Gasteiger partial charge in [0.15, 0.2) is 0 Å². The molecule has 1 amide bonds. The van der Waals surface area contributed by atoms with Gasteiger partial charge >= 0.3 is 0 Å². The Morgan fingerprint density at radius 3 is 2.41 bits per heavy atom. The Hall–Kier alpha value is -2.61. The molecule has 1 atom stereocenters. The largest absolute Gasteiger partial charge is 0.384 e. The van der Waals surface area contributed by atoms with Crippen molar-refractivity contribution in [3.63, 3.8) is 0 Å². The maximum Gasteiger partial charge on any atom is 0.270 e. The zero-order valence-electron chi connectivity index (χ0n) is 15.8. The molecule has 0 aliphatic heterocycles. The van der Waals surface area contributed by atoms with Crippen molar-refractivity contribution in [3.8, 4) is 0 Å². The number of carbonyl (C=O) groups is 1. The van der Waals surface area contributed by atoms with Crippen LogP contribution in [0.15, 0.2) is 36.5 Å². The third-order valence-electron chi connectivity index (χ3n) is 4.74. The van der Waals surface area contributed by atoms with Crippen molar-refractivity contribution >= 4 is 11.6 Å². The second-order valence-corrected chi connectivity index (χ2v) is 7.14. The standard InChI is InChI=1S/C19H24F2N4O2/c1-18(2,25-17(26)14-7-5-6-8-22-14)19(3,12-27-4)11-23-13-9-15(20)24-16(21)10-13/h5-10H,11-12H2,1-4H3,(H,23,24)(H,25,26). The molecule has 2 aromatic heterocycles. The number of pyridine rings is 2. The average Bonchev–Trinajstić information content (AvgIpc) is 2.60. The number of carbonyl (C=O) groups excluding carboxylic acids is 1. The first-order valence-electron chi connectivity index (χ1n) is 8.46. The molecule has 0 aliphatic rings. The van der Waals surface area contributed by atoms with Crippen LogP contribution in [0.2, 0.25) is 0 Å². The lowest BCUT2D eigenvalue weighted by molar-refractivity contribution is 0.0326. The fourth-order valence-corrected chi connectivity index (χ4v) is 2.63. The van der Waals surface area contributed by atoms with Crippen molar-refractivity contribution in [2.45, 2.75) is 26.3 Å². The Bertz CT molecular complexity index is 766. The number of ether oxygens (including phenoxy) is 1. The molecule has 0 saturated carbocycles. The molecule has 2 rings (SSSR count). The number of aromatic nitrogens is 2. The lowest BCUT2D eigenvalue weighted by atomic mass is 9.73. The number of hydrogen-bond acceptors (Lipinski definition) is 5. The van der Waals surface area contributed by atoms with E-state index >= 15 is 0 Å². The minimum Gasteiger partial charge on any atom is -0.384 e. The van der Waals surface area contributed by atoms with Crippen LogP contribution in [0, 0.1) is 17.3 Å². The van der Waals surface area contributed by atoms with E-state index in [1.54, 1.807) is 31.5 Å². The number of halogens is 2. The molecule has 8 heteroatoms. The fourth-order valence-electron chi connectivity index (χ4n) is 2.63. The highest BCUT2D eigenvalue weighted by Crippen LogP contribution is 2.32. The fraction of sp³-hybridized carbons (Fsp3) is 0.421. The molecule has 0 bridgehead atoms. The van der Waals surface area contributed by atoms with E-state index in [-0.39, 0.29) is 11.6 Å². The minimum atomic E-state index is -0.909. The van der Waals surface area contributed by atoms with Crippen LogP contribution in [0.4, 0.5) is 14.5 Å². The van der Waals surface area contributed by atoms with Crippen molar-refractivity contribution in [2.75, 3.05) is 25.6 Å². The number of anilines is 1. The van der Waals surface area contributed by atoms with Crippen molar-refractivity contribution in [1.29, 1.82) is 0 Å². The number of rotatable bonds is 8. The Balaban J connectivity index is 2.17. The smallest absolute Gasteiger partial charge is 0.270 e. The summed E-state index contributed by atoms with van der Waals surface area (Å²) in [5.74, 6) is -2.13. The van der Waals surface area contributed by atoms with Gasteiger partial charge in [-0.3, -0.25) is 9.78 Å². The van der Waals surface area contributed by atoms with Gasteiger partial charge in [0.05, 0.1) is 6.61 Å². The Kier molecular flexibility index (Phi) is 6.43. The summed E-state index contributed by atoms with van der Waals surface area (Å²) in [6, 6.07) is 7.30. The second-order valence-electron chi connectivity index (χ2n) is 7.14. The summed E-state index contributed by atoms with van der Waals surface area (Å²) in [5, 5.41) is 5.98. The van der Waals surface area contributed by atoms with Crippen molar-refractivity contribution in [1.82, 2.24) is 15.3 Å². The molecule has 0 fully saturated rings. The van der Waals surface area contributed by atoms with E-state index in [9.17, 15) is 13.6 Å². The molecule has 146 valence electrons. The minimum absolute atomic E-state index is 0.259. The van der Waals surface area contributed by atoms with Crippen molar-refractivity contribution in [3.05, 3.63) is 54.1 Å². The van der Waals surface area contributed by atoms with Gasteiger partial charge in [-0.25, -0.2) is 0 Å². The van der Waals surface area contributed by atoms with E-state index in [1.165, 1.54) is 0 Å². The van der Waals surface area contributed by atoms with Crippen molar-refractivity contribution in [2.24, 2.45) is 5.41 Å². The predicted molar refractivity (Wildman–Crippen MR) is 98.4 cm³/mol. The summed E-state index contributed by atoms with van der Waals surface area (Å²) in [5.41, 5.74) is -0.775. The van der Waals surface area contributed by atoms with E-state index in [0.717, 1.165) is 12.1 Å². The molecule has 0 saturated heterocycles. The monoisotopic (exact) mass is 378 g/mol. The molecule has 0 radical (unpaired) electrons. The molecular formula is C19H24F2N4O2. The van der Waals surface area contributed by atoms with Gasteiger partial charge in [-0.2, -0.15) is 13.8 Å². The van der Waals surface area contributed by atoms with Gasteiger partial charge in [0.2, 0.25) is 11.9 Å². The zero-order chi connectivity index (χ0) is 20.1. The van der Waals surface area contributed by atoms with E-state index in [1.807, 2.05) is 20.8 Å². The van der Waals surface area contributed by atoms with E-state index in [2.05, 4.69) is 20.6 Å². The van der Waals surface area contributed by atoms with Crippen LogP contribution >= 0.6 is 0 Å². The first kappa shape index (κ1) is 20.7. The molecule has 2 aromatic rings. The summed E-state index contributed by atoms with van der Waals surface area (Å²) in [6.07, 6.45) is 1.55. The highest BCUT2D eigenvalue weighted by atomic mass is 19.1. The molecular weight excluding hydrogens is 354 g/mol. The van der Waals surface area contributed by atoms with Crippen LogP contribution in [0.5, 0.6) is 0 Å². The second kappa shape index (κ2) is 8.39. The third-order valence-corrected chi connectivity index (χ3v) is 4.74. The Morgan fingerprint density at radius 1 is 1.19 bits per heavy atom. The van der Waals surface area contributed by atoms with Gasteiger partial charge in [0, 0.05) is 48.6 Å². The van der Waals surface area contributed by atoms with Crippen LogP contribution in [-0.4, -0.2) is 41.7 Å². The predicted octanol–water partition coefficient (Wildman–Crippen LogP) is 3.03. The molecule has 0 aromatic carbocycles. The van der Waals surface area contributed by atoms with Crippen LogP contribution in [-0.2, 0) is 4.74 Å². The van der Waals surface area contributed by atoms with Crippen molar-refractivity contribution < 1.29 is 18.3 Å². The van der Waals surface area contributed by atoms with Crippen LogP contribution < -0.4 is 10.6 Å². The highest BCUT2D eigenvalue weighted by molar-refractivity contribution is 5.92. The molecule has 27 heavy (non-hydrogen) atoms. The zero-order valence-corrected chi connectivity index (χ0v) is 15.8. The topological polar surface area (TPSA) is 76.1 Å². The summed E-state index contributed by atoms with van der Waals surface area (Å²) in [7, 11) is 1.56. The molecule has 6 nitrogen and oxygen atoms in total. The normalized spacial score (nSPS) is 13.7. The third kappa shape index (κ3) is 5.19. The number of amides is 1. The van der Waals surface area contributed by atoms with Gasteiger partial charge in [0.1, 0.15) is 5.69 Å². The number of hydrogen-bond donors (Lipinski definition) is 2. The van der Waals surface area contributed by atoms with Gasteiger partial charge in [-0.15, -0.1) is 0 Å². The first-order chi connectivity index (χ1) is 12.7. The van der Waals surface area contributed by atoms with E-state index in [0.29, 0.717) is 18.8 Å². The Morgan fingerprint density at radius 2 is 1.85 bits per heavy atom. The van der Waals surface area contributed by atoms with Gasteiger partial charge < -0.3 is 15.4 Å². The SMILES string of the molecule is COCC(C)(CNc1cc(F)nc(F)c1)C(C)(C)NC(=O)c1ccccn1. The molecule has 2 N–H and O–H groups in total. The number of nitrogens with one attached hydrogen (secondary N) is 2. The average molecular weight is 378 g/mol. The maximum atomic E-state index is 13.3. The van der Waals surface area contributed by atoms with E-state index in [4.69, 9.17) is 4.74 Å². The quantitative estimate of drug-likeness (QED) is 0.691. The lowest BCUT2D eigenvalue weighted by Crippen LogP contribution is -2.59. The Labute approximate surface area is 157 Å². The summed E-state index contributed by atoms with van der Waals surface area (Å²) >= 11 is 0. The van der Waals surface area contributed by atoms with Crippen LogP contribution in [0.25, 0.3) is 0 Å². The highest BCUT2D eigenvalue weighted by Gasteiger charge is 2.42. The molecule has 0 aliphatic carbocycles. The summed E-state index contributed by atoms with van der Waals surface area (Å²) in [6.45, 7) is 6.23. The van der Waals surface area contributed by atoms with E-state index < -0.39 is 22.8 Å².